The first kappa shape index (κ1) is 27.4. The number of rotatable bonds is 9. The van der Waals surface area contributed by atoms with Gasteiger partial charge in [-0.3, -0.25) is 13.9 Å². The lowest BCUT2D eigenvalue weighted by molar-refractivity contribution is -0.139. The Hall–Kier alpha value is -2.17. The molecule has 2 aromatic carbocycles. The Bertz CT molecular complexity index is 1170. The summed E-state index contributed by atoms with van der Waals surface area (Å²) in [7, 11) is -3.92. The van der Waals surface area contributed by atoms with E-state index in [-0.39, 0.29) is 29.2 Å². The van der Waals surface area contributed by atoms with Crippen LogP contribution in [0.1, 0.15) is 38.2 Å². The second-order valence-electron chi connectivity index (χ2n) is 8.68. The lowest BCUT2D eigenvalue weighted by atomic mass is 10.1. The molecular weight excluding hydrogens is 561 g/mol. The van der Waals surface area contributed by atoms with Gasteiger partial charge in [0.25, 0.3) is 0 Å². The summed E-state index contributed by atoms with van der Waals surface area (Å²) in [4.78, 5) is 27.9. The minimum atomic E-state index is -3.92. The van der Waals surface area contributed by atoms with Gasteiger partial charge in [-0.2, -0.15) is 0 Å². The Morgan fingerprint density at radius 3 is 2.37 bits per heavy atom. The summed E-state index contributed by atoms with van der Waals surface area (Å²) in [5.41, 5.74) is 0.830. The number of hydrogen-bond donors (Lipinski definition) is 1. The zero-order valence-electron chi connectivity index (χ0n) is 19.5. The van der Waals surface area contributed by atoms with Crippen molar-refractivity contribution in [1.29, 1.82) is 0 Å². The van der Waals surface area contributed by atoms with Gasteiger partial charge in [0, 0.05) is 17.1 Å². The van der Waals surface area contributed by atoms with Crippen LogP contribution in [0, 0.1) is 5.82 Å². The molecule has 0 aliphatic heterocycles. The molecule has 11 heteroatoms. The molecule has 1 aliphatic rings. The lowest BCUT2D eigenvalue weighted by Gasteiger charge is -2.32. The Balaban J connectivity index is 1.88. The number of benzene rings is 2. The average molecular weight is 589 g/mol. The van der Waals surface area contributed by atoms with Crippen LogP contribution in [0.5, 0.6) is 0 Å². The van der Waals surface area contributed by atoms with Crippen LogP contribution in [0.3, 0.4) is 0 Å². The van der Waals surface area contributed by atoms with E-state index in [2.05, 4.69) is 21.2 Å². The number of carbonyl (C=O) groups is 2. The van der Waals surface area contributed by atoms with Crippen molar-refractivity contribution in [1.82, 2.24) is 10.2 Å². The maximum Gasteiger partial charge on any atom is 0.244 e. The molecule has 0 radical (unpaired) electrons. The number of amides is 2. The van der Waals surface area contributed by atoms with Crippen molar-refractivity contribution in [2.24, 2.45) is 0 Å². The van der Waals surface area contributed by atoms with Crippen molar-refractivity contribution in [2.75, 3.05) is 17.1 Å². The highest BCUT2D eigenvalue weighted by atomic mass is 79.9. The Morgan fingerprint density at radius 1 is 1.17 bits per heavy atom. The monoisotopic (exact) mass is 587 g/mol. The van der Waals surface area contributed by atoms with Gasteiger partial charge in [-0.1, -0.05) is 52.5 Å². The summed E-state index contributed by atoms with van der Waals surface area (Å²) in [5.74, 6) is -1.57. The third-order valence-corrected chi connectivity index (χ3v) is 7.96. The van der Waals surface area contributed by atoms with Gasteiger partial charge in [-0.15, -0.1) is 0 Å². The summed E-state index contributed by atoms with van der Waals surface area (Å²) in [6.07, 6.45) is 4.83. The summed E-state index contributed by atoms with van der Waals surface area (Å²) in [6, 6.07) is 9.95. The quantitative estimate of drug-likeness (QED) is 0.468. The Kier molecular flexibility index (Phi) is 9.17. The molecule has 2 amide bonds. The van der Waals surface area contributed by atoms with Gasteiger partial charge < -0.3 is 10.2 Å². The number of nitrogens with zero attached hydrogens (tertiary/aromatic N) is 2. The largest absolute Gasteiger partial charge is 0.352 e. The number of halogens is 3. The summed E-state index contributed by atoms with van der Waals surface area (Å²) < 4.78 is 40.5. The van der Waals surface area contributed by atoms with Crippen molar-refractivity contribution in [3.05, 3.63) is 63.3 Å². The third-order valence-electron chi connectivity index (χ3n) is 6.01. The zero-order chi connectivity index (χ0) is 25.8. The molecule has 1 aliphatic carbocycles. The van der Waals surface area contributed by atoms with Crippen molar-refractivity contribution >= 4 is 55.1 Å². The summed E-state index contributed by atoms with van der Waals surface area (Å²) >= 11 is 9.23. The van der Waals surface area contributed by atoms with Gasteiger partial charge in [-0.25, -0.2) is 12.8 Å². The fourth-order valence-corrected chi connectivity index (χ4v) is 5.30. The van der Waals surface area contributed by atoms with E-state index in [0.29, 0.717) is 0 Å². The van der Waals surface area contributed by atoms with Crippen LogP contribution in [0.15, 0.2) is 46.9 Å². The molecule has 3 rings (SSSR count). The highest BCUT2D eigenvalue weighted by Gasteiger charge is 2.31. The smallest absolute Gasteiger partial charge is 0.244 e. The van der Waals surface area contributed by atoms with Gasteiger partial charge in [0.1, 0.15) is 18.4 Å². The number of hydrogen-bond acceptors (Lipinski definition) is 4. The minimum absolute atomic E-state index is 0.0545. The van der Waals surface area contributed by atoms with E-state index in [4.69, 9.17) is 11.6 Å². The maximum atomic E-state index is 13.7. The van der Waals surface area contributed by atoms with Crippen LogP contribution < -0.4 is 9.62 Å². The number of carbonyl (C=O) groups excluding carboxylic acids is 2. The highest BCUT2D eigenvalue weighted by molar-refractivity contribution is 9.10. The molecule has 1 atom stereocenters. The molecule has 1 N–H and O–H groups in total. The molecule has 35 heavy (non-hydrogen) atoms. The van der Waals surface area contributed by atoms with Crippen molar-refractivity contribution in [2.45, 2.75) is 51.2 Å². The van der Waals surface area contributed by atoms with E-state index in [1.54, 1.807) is 6.92 Å². The molecule has 1 saturated carbocycles. The van der Waals surface area contributed by atoms with Gasteiger partial charge in [0.2, 0.25) is 21.8 Å². The second-order valence-corrected chi connectivity index (χ2v) is 11.9. The van der Waals surface area contributed by atoms with Gasteiger partial charge in [0.05, 0.1) is 17.0 Å². The first-order chi connectivity index (χ1) is 16.5. The van der Waals surface area contributed by atoms with Crippen LogP contribution in [0.2, 0.25) is 5.02 Å². The molecule has 0 heterocycles. The molecule has 0 bridgehead atoms. The minimum Gasteiger partial charge on any atom is -0.352 e. The van der Waals surface area contributed by atoms with E-state index in [9.17, 15) is 22.4 Å². The number of nitrogens with one attached hydrogen (secondary N) is 1. The van der Waals surface area contributed by atoms with Gasteiger partial charge in [0.15, 0.2) is 0 Å². The van der Waals surface area contributed by atoms with E-state index < -0.39 is 34.3 Å². The molecule has 2 aromatic rings. The predicted molar refractivity (Wildman–Crippen MR) is 138 cm³/mol. The van der Waals surface area contributed by atoms with E-state index in [0.717, 1.165) is 58.4 Å². The second kappa shape index (κ2) is 11.7. The van der Waals surface area contributed by atoms with E-state index in [1.807, 2.05) is 24.3 Å². The molecule has 0 saturated heterocycles. The van der Waals surface area contributed by atoms with Crippen LogP contribution in [-0.2, 0) is 26.2 Å². The van der Waals surface area contributed by atoms with Crippen LogP contribution in [0.4, 0.5) is 10.1 Å². The molecule has 0 spiro atoms. The first-order valence-corrected chi connectivity index (χ1v) is 14.2. The van der Waals surface area contributed by atoms with E-state index >= 15 is 0 Å². The first-order valence-electron chi connectivity index (χ1n) is 11.2. The lowest BCUT2D eigenvalue weighted by Crippen LogP contribution is -2.52. The standard InChI is InChI=1S/C24H28BrClFN3O4S/c1-16(24(32)28-19-5-3-4-6-19)29(14-17-7-9-18(25)10-8-17)23(31)15-30(35(2,33)34)20-11-12-22(27)21(26)13-20/h7-13,16,19H,3-6,14-15H2,1-2H3,(H,28,32)/t16-/m0/s1. The van der Waals surface area contributed by atoms with Gasteiger partial charge >= 0.3 is 0 Å². The van der Waals surface area contributed by atoms with Crippen LogP contribution >= 0.6 is 27.5 Å². The predicted octanol–water partition coefficient (Wildman–Crippen LogP) is 4.48. The molecule has 0 unspecified atom stereocenters. The molecular formula is C24H28BrClFN3O4S. The molecule has 1 fully saturated rings. The van der Waals surface area contributed by atoms with Crippen LogP contribution in [0.25, 0.3) is 0 Å². The Morgan fingerprint density at radius 2 is 1.80 bits per heavy atom. The summed E-state index contributed by atoms with van der Waals surface area (Å²) in [5, 5.41) is 2.74. The normalized spacial score (nSPS) is 15.0. The zero-order valence-corrected chi connectivity index (χ0v) is 22.7. The third kappa shape index (κ3) is 7.41. The number of sulfonamides is 1. The van der Waals surface area contributed by atoms with Crippen molar-refractivity contribution in [3.8, 4) is 0 Å². The fraction of sp³-hybridized carbons (Fsp3) is 0.417. The fourth-order valence-electron chi connectivity index (χ4n) is 4.01. The van der Waals surface area contributed by atoms with Crippen LogP contribution in [-0.4, -0.2) is 50.0 Å². The highest BCUT2D eigenvalue weighted by Crippen LogP contribution is 2.25. The average Bonchev–Trinajstić information content (AvgIpc) is 3.30. The number of anilines is 1. The SMILES string of the molecule is C[C@@H](C(=O)NC1CCCC1)N(Cc1ccc(Br)cc1)C(=O)CN(c1ccc(F)c(Cl)c1)S(C)(=O)=O. The van der Waals surface area contributed by atoms with Gasteiger partial charge in [-0.05, 0) is 55.7 Å². The maximum absolute atomic E-state index is 13.7. The van der Waals surface area contributed by atoms with E-state index in [1.165, 1.54) is 11.0 Å². The summed E-state index contributed by atoms with van der Waals surface area (Å²) in [6.45, 7) is 1.16. The van der Waals surface area contributed by atoms with Crippen molar-refractivity contribution in [3.63, 3.8) is 0 Å². The topological polar surface area (TPSA) is 86.8 Å². The molecule has 0 aromatic heterocycles. The van der Waals surface area contributed by atoms with Crippen molar-refractivity contribution < 1.29 is 22.4 Å². The molecule has 7 nitrogen and oxygen atoms in total. The molecule has 190 valence electrons. The Labute approximate surface area is 218 Å².